The second-order valence-electron chi connectivity index (χ2n) is 14.0. The highest BCUT2D eigenvalue weighted by Crippen LogP contribution is 2.42. The molecule has 0 N–H and O–H groups in total. The van der Waals surface area contributed by atoms with Crippen molar-refractivity contribution in [3.8, 4) is 17.3 Å². The average molecular weight is 581 g/mol. The lowest BCUT2D eigenvalue weighted by Crippen LogP contribution is -2.23. The fourth-order valence-corrected chi connectivity index (χ4v) is 6.41. The molecule has 0 bridgehead atoms. The molecule has 0 atom stereocenters. The van der Waals surface area contributed by atoms with Crippen molar-refractivity contribution in [3.05, 3.63) is 114 Å². The van der Waals surface area contributed by atoms with E-state index in [1.54, 1.807) is 0 Å². The monoisotopic (exact) mass is 580 g/mol. The van der Waals surface area contributed by atoms with Crippen molar-refractivity contribution in [2.75, 3.05) is 23.5 Å². The fourth-order valence-electron chi connectivity index (χ4n) is 6.41. The van der Waals surface area contributed by atoms with E-state index in [-0.39, 0.29) is 10.8 Å². The van der Waals surface area contributed by atoms with E-state index < -0.39 is 0 Å². The van der Waals surface area contributed by atoms with Gasteiger partial charge >= 0.3 is 0 Å². The summed E-state index contributed by atoms with van der Waals surface area (Å²) in [4.78, 5) is 9.52. The topological polar surface area (TPSA) is 33.5 Å². The van der Waals surface area contributed by atoms with E-state index in [2.05, 4.69) is 154 Å². The summed E-state index contributed by atoms with van der Waals surface area (Å²) >= 11 is 0. The Labute approximate surface area is 260 Å². The lowest BCUT2D eigenvalue weighted by atomic mass is 9.85. The van der Waals surface area contributed by atoms with Crippen LogP contribution in [-0.2, 0) is 10.8 Å². The highest BCUT2D eigenvalue weighted by Gasteiger charge is 2.26. The lowest BCUT2D eigenvalue weighted by Gasteiger charge is -2.23. The summed E-state index contributed by atoms with van der Waals surface area (Å²) in [5.74, 6) is 2.52. The smallest absolute Gasteiger partial charge is 0.137 e. The molecule has 0 saturated heterocycles. The maximum absolute atomic E-state index is 6.59. The van der Waals surface area contributed by atoms with Gasteiger partial charge in [0.25, 0.3) is 0 Å². The molecule has 0 saturated carbocycles. The van der Waals surface area contributed by atoms with Crippen LogP contribution in [0, 0.1) is 0 Å². The summed E-state index contributed by atoms with van der Waals surface area (Å²) in [5, 5.41) is 2.41. The molecule has 1 aliphatic heterocycles. The van der Waals surface area contributed by atoms with Gasteiger partial charge in [0.15, 0.2) is 0 Å². The highest BCUT2D eigenvalue weighted by molar-refractivity contribution is 6.10. The normalized spacial score (nSPS) is 13.6. The van der Waals surface area contributed by atoms with Gasteiger partial charge in [-0.3, -0.25) is 4.57 Å². The Bertz CT molecular complexity index is 2020. The second-order valence-corrected chi connectivity index (χ2v) is 14.0. The molecule has 0 fully saturated rings. The molecular formula is C39H40N4O. The van der Waals surface area contributed by atoms with Gasteiger partial charge in [-0.1, -0.05) is 77.9 Å². The number of aromatic nitrogens is 2. The predicted molar refractivity (Wildman–Crippen MR) is 184 cm³/mol. The number of rotatable bonds is 4. The van der Waals surface area contributed by atoms with Crippen LogP contribution in [0.2, 0.25) is 0 Å². The van der Waals surface area contributed by atoms with Crippen molar-refractivity contribution in [3.63, 3.8) is 0 Å². The number of para-hydroxylation sites is 3. The minimum atomic E-state index is -0.0463. The molecule has 6 aromatic rings. The number of ether oxygens (including phenoxy) is 1. The van der Waals surface area contributed by atoms with Gasteiger partial charge in [-0.2, -0.15) is 0 Å². The lowest BCUT2D eigenvalue weighted by molar-refractivity contribution is 0.483. The van der Waals surface area contributed by atoms with Crippen LogP contribution in [0.25, 0.3) is 27.6 Å². The van der Waals surface area contributed by atoms with Gasteiger partial charge in [0.1, 0.15) is 17.3 Å². The number of anilines is 3. The van der Waals surface area contributed by atoms with E-state index in [9.17, 15) is 0 Å². The first-order chi connectivity index (χ1) is 21.0. The number of pyridine rings is 1. The first kappa shape index (κ1) is 28.0. The molecular weight excluding hydrogens is 540 g/mol. The molecule has 0 radical (unpaired) electrons. The third kappa shape index (κ3) is 4.77. The van der Waals surface area contributed by atoms with Crippen molar-refractivity contribution < 1.29 is 4.74 Å². The summed E-state index contributed by atoms with van der Waals surface area (Å²) in [6.07, 6.45) is 1.94. The maximum Gasteiger partial charge on any atom is 0.137 e. The number of fused-ring (bicyclic) bond motifs is 4. The molecule has 3 heterocycles. The van der Waals surface area contributed by atoms with Gasteiger partial charge in [0.2, 0.25) is 0 Å². The quantitative estimate of drug-likeness (QED) is 0.208. The van der Waals surface area contributed by atoms with E-state index in [4.69, 9.17) is 9.72 Å². The predicted octanol–water partition coefficient (Wildman–Crippen LogP) is 10.1. The van der Waals surface area contributed by atoms with Gasteiger partial charge in [-0.25, -0.2) is 4.98 Å². The standard InChI is InChI=1S/C39H40N4O/c1-38(2,3)26-20-21-40-36(22-26)43-35-24-29(18-19-30(35)31-14-11-15-32(37(31)43)39(4,5)6)44-28-13-10-12-27(23-28)42-25-41(7)33-16-8-9-17-34(33)42/h8-24H,25H2,1-7H3. The zero-order chi connectivity index (χ0) is 30.8. The Kier molecular flexibility index (Phi) is 6.47. The van der Waals surface area contributed by atoms with Crippen LogP contribution in [0.15, 0.2) is 103 Å². The zero-order valence-corrected chi connectivity index (χ0v) is 26.7. The van der Waals surface area contributed by atoms with E-state index in [1.165, 1.54) is 38.8 Å². The number of hydrogen-bond donors (Lipinski definition) is 0. The van der Waals surface area contributed by atoms with Crippen LogP contribution in [0.1, 0.15) is 52.7 Å². The molecule has 0 unspecified atom stereocenters. The summed E-state index contributed by atoms with van der Waals surface area (Å²) in [6, 6.07) is 34.4. The van der Waals surface area contributed by atoms with Gasteiger partial charge in [-0.05, 0) is 70.5 Å². The van der Waals surface area contributed by atoms with Crippen molar-refractivity contribution in [2.24, 2.45) is 0 Å². The van der Waals surface area contributed by atoms with Crippen molar-refractivity contribution in [2.45, 2.75) is 52.4 Å². The van der Waals surface area contributed by atoms with Crippen LogP contribution in [-0.4, -0.2) is 23.3 Å². The largest absolute Gasteiger partial charge is 0.457 e. The molecule has 5 heteroatoms. The van der Waals surface area contributed by atoms with E-state index in [0.29, 0.717) is 0 Å². The Balaban J connectivity index is 1.36. The van der Waals surface area contributed by atoms with Gasteiger partial charge < -0.3 is 14.5 Å². The van der Waals surface area contributed by atoms with Gasteiger partial charge in [0.05, 0.1) is 29.1 Å². The molecule has 2 aromatic heterocycles. The molecule has 7 rings (SSSR count). The summed E-state index contributed by atoms with van der Waals surface area (Å²) in [6.45, 7) is 14.4. The molecule has 1 aliphatic rings. The summed E-state index contributed by atoms with van der Waals surface area (Å²) in [7, 11) is 2.13. The zero-order valence-electron chi connectivity index (χ0n) is 26.7. The Morgan fingerprint density at radius 3 is 2.20 bits per heavy atom. The minimum absolute atomic E-state index is 0.00720. The van der Waals surface area contributed by atoms with E-state index in [1.807, 2.05) is 12.3 Å². The number of hydrogen-bond acceptors (Lipinski definition) is 4. The van der Waals surface area contributed by atoms with Crippen molar-refractivity contribution >= 4 is 38.9 Å². The SMILES string of the molecule is CN1CN(c2cccc(Oc3ccc4c5cccc(C(C)(C)C)c5n(-c5cc(C(C)(C)C)ccn5)c4c3)c2)c2ccccc21. The highest BCUT2D eigenvalue weighted by atomic mass is 16.5. The van der Waals surface area contributed by atoms with Crippen LogP contribution >= 0.6 is 0 Å². The third-order valence-electron chi connectivity index (χ3n) is 8.71. The second kappa shape index (κ2) is 10.2. The molecule has 4 aromatic carbocycles. The minimum Gasteiger partial charge on any atom is -0.457 e. The molecule has 222 valence electrons. The third-order valence-corrected chi connectivity index (χ3v) is 8.71. The van der Waals surface area contributed by atoms with E-state index in [0.717, 1.165) is 35.2 Å². The van der Waals surface area contributed by atoms with Crippen LogP contribution < -0.4 is 14.5 Å². The average Bonchev–Trinajstić information content (AvgIpc) is 3.51. The van der Waals surface area contributed by atoms with Crippen LogP contribution in [0.5, 0.6) is 11.5 Å². The van der Waals surface area contributed by atoms with Gasteiger partial charge in [-0.15, -0.1) is 0 Å². The van der Waals surface area contributed by atoms with Gasteiger partial charge in [0, 0.05) is 41.8 Å². The first-order valence-electron chi connectivity index (χ1n) is 15.4. The van der Waals surface area contributed by atoms with Crippen LogP contribution in [0.4, 0.5) is 17.1 Å². The Morgan fingerprint density at radius 2 is 1.43 bits per heavy atom. The molecule has 0 amide bonds. The van der Waals surface area contributed by atoms with Crippen LogP contribution in [0.3, 0.4) is 0 Å². The molecule has 0 spiro atoms. The van der Waals surface area contributed by atoms with E-state index >= 15 is 0 Å². The fraction of sp³-hybridized carbons (Fsp3) is 0.256. The summed E-state index contributed by atoms with van der Waals surface area (Å²) in [5.41, 5.74) is 8.33. The molecule has 5 nitrogen and oxygen atoms in total. The first-order valence-corrected chi connectivity index (χ1v) is 15.4. The number of nitrogens with zero attached hydrogens (tertiary/aromatic N) is 4. The molecule has 44 heavy (non-hydrogen) atoms. The van der Waals surface area contributed by atoms with Crippen molar-refractivity contribution in [1.29, 1.82) is 0 Å². The number of benzene rings is 4. The summed E-state index contributed by atoms with van der Waals surface area (Å²) < 4.78 is 8.92. The Morgan fingerprint density at radius 1 is 0.682 bits per heavy atom. The Hall–Kier alpha value is -4.77. The maximum atomic E-state index is 6.59. The molecule has 0 aliphatic carbocycles. The van der Waals surface area contributed by atoms with Crippen molar-refractivity contribution in [1.82, 2.24) is 9.55 Å².